The SMILES string of the molecule is CC[C@@H](C(=O)Nc1ccc(Cl)c(C(F)(F)F)c1)n1cnc2ccccc2c1=O. The van der Waals surface area contributed by atoms with Crippen LogP contribution in [0.4, 0.5) is 18.9 Å². The number of alkyl halides is 3. The van der Waals surface area contributed by atoms with Gasteiger partial charge in [-0.2, -0.15) is 13.2 Å². The molecule has 0 fully saturated rings. The first-order valence-corrected chi connectivity index (χ1v) is 8.73. The molecule has 0 aliphatic carbocycles. The standard InChI is InChI=1S/C19H15ClF3N3O2/c1-2-16(26-10-24-15-6-4-3-5-12(15)18(26)28)17(27)25-11-7-8-14(20)13(9-11)19(21,22)23/h3-10,16H,2H2,1H3,(H,25,27)/t16-/m0/s1. The number of nitrogens with one attached hydrogen (secondary N) is 1. The summed E-state index contributed by atoms with van der Waals surface area (Å²) in [7, 11) is 0. The summed E-state index contributed by atoms with van der Waals surface area (Å²) in [5.74, 6) is -0.628. The molecule has 0 bridgehead atoms. The lowest BCUT2D eigenvalue weighted by molar-refractivity contribution is -0.137. The van der Waals surface area contributed by atoms with E-state index < -0.39 is 34.3 Å². The summed E-state index contributed by atoms with van der Waals surface area (Å²) < 4.78 is 40.2. The van der Waals surface area contributed by atoms with E-state index in [1.807, 2.05) is 0 Å². The maximum Gasteiger partial charge on any atom is 0.417 e. The van der Waals surface area contributed by atoms with Crippen LogP contribution in [0.5, 0.6) is 0 Å². The number of halogens is 4. The zero-order valence-electron chi connectivity index (χ0n) is 14.6. The Kier molecular flexibility index (Phi) is 5.42. The molecule has 0 spiro atoms. The number of rotatable bonds is 4. The molecule has 0 unspecified atom stereocenters. The molecule has 1 atom stereocenters. The van der Waals surface area contributed by atoms with Crippen LogP contribution in [0.2, 0.25) is 5.02 Å². The molecular weight excluding hydrogens is 395 g/mol. The largest absolute Gasteiger partial charge is 0.417 e. The number of para-hydroxylation sites is 1. The molecule has 1 amide bonds. The fraction of sp³-hybridized carbons (Fsp3) is 0.211. The van der Waals surface area contributed by atoms with Crippen molar-refractivity contribution in [3.05, 3.63) is 69.7 Å². The predicted molar refractivity (Wildman–Crippen MR) is 100 cm³/mol. The average molecular weight is 410 g/mol. The van der Waals surface area contributed by atoms with Crippen LogP contribution < -0.4 is 10.9 Å². The van der Waals surface area contributed by atoms with E-state index in [4.69, 9.17) is 11.6 Å². The van der Waals surface area contributed by atoms with Crippen molar-refractivity contribution in [3.63, 3.8) is 0 Å². The van der Waals surface area contributed by atoms with Crippen molar-refractivity contribution in [2.45, 2.75) is 25.6 Å². The van der Waals surface area contributed by atoms with E-state index in [1.165, 1.54) is 17.0 Å². The minimum absolute atomic E-state index is 0.0676. The van der Waals surface area contributed by atoms with Gasteiger partial charge in [0.25, 0.3) is 5.56 Å². The van der Waals surface area contributed by atoms with Crippen molar-refractivity contribution in [3.8, 4) is 0 Å². The number of fused-ring (bicyclic) bond motifs is 1. The average Bonchev–Trinajstić information content (AvgIpc) is 2.65. The number of carbonyl (C=O) groups excluding carboxylic acids is 1. The van der Waals surface area contributed by atoms with Gasteiger partial charge in [-0.25, -0.2) is 4.98 Å². The predicted octanol–water partition coefficient (Wildman–Crippen LogP) is 4.66. The van der Waals surface area contributed by atoms with Crippen LogP contribution in [0, 0.1) is 0 Å². The van der Waals surface area contributed by atoms with Gasteiger partial charge in [0.05, 0.1) is 27.8 Å². The minimum atomic E-state index is -4.65. The van der Waals surface area contributed by atoms with Crippen molar-refractivity contribution in [1.29, 1.82) is 0 Å². The van der Waals surface area contributed by atoms with Crippen LogP contribution in [-0.2, 0) is 11.0 Å². The highest BCUT2D eigenvalue weighted by atomic mass is 35.5. The Morgan fingerprint density at radius 2 is 1.96 bits per heavy atom. The first-order valence-electron chi connectivity index (χ1n) is 8.36. The number of hydrogen-bond donors (Lipinski definition) is 1. The molecular formula is C19H15ClF3N3O2. The summed E-state index contributed by atoms with van der Waals surface area (Å²) >= 11 is 5.59. The Bertz CT molecular complexity index is 1100. The summed E-state index contributed by atoms with van der Waals surface area (Å²) in [6.45, 7) is 1.69. The van der Waals surface area contributed by atoms with Gasteiger partial charge >= 0.3 is 6.18 Å². The minimum Gasteiger partial charge on any atom is -0.324 e. The van der Waals surface area contributed by atoms with Crippen molar-refractivity contribution < 1.29 is 18.0 Å². The third-order valence-electron chi connectivity index (χ3n) is 4.25. The van der Waals surface area contributed by atoms with E-state index in [2.05, 4.69) is 10.3 Å². The molecule has 0 saturated carbocycles. The quantitative estimate of drug-likeness (QED) is 0.681. The van der Waals surface area contributed by atoms with Gasteiger partial charge in [0, 0.05) is 5.69 Å². The van der Waals surface area contributed by atoms with Crippen molar-refractivity contribution in [2.24, 2.45) is 0 Å². The maximum absolute atomic E-state index is 13.0. The lowest BCUT2D eigenvalue weighted by atomic mass is 10.1. The fourth-order valence-corrected chi connectivity index (χ4v) is 3.08. The van der Waals surface area contributed by atoms with Crippen LogP contribution in [-0.4, -0.2) is 15.5 Å². The van der Waals surface area contributed by atoms with Gasteiger partial charge < -0.3 is 5.32 Å². The van der Waals surface area contributed by atoms with E-state index in [1.54, 1.807) is 31.2 Å². The zero-order chi connectivity index (χ0) is 20.5. The molecule has 0 radical (unpaired) electrons. The summed E-state index contributed by atoms with van der Waals surface area (Å²) in [6, 6.07) is 8.85. The Labute approximate surface area is 162 Å². The molecule has 1 heterocycles. The number of aromatic nitrogens is 2. The van der Waals surface area contributed by atoms with Crippen LogP contribution in [0.25, 0.3) is 10.9 Å². The van der Waals surface area contributed by atoms with E-state index in [9.17, 15) is 22.8 Å². The Morgan fingerprint density at radius 3 is 2.64 bits per heavy atom. The lowest BCUT2D eigenvalue weighted by Crippen LogP contribution is -2.33. The number of hydrogen-bond acceptors (Lipinski definition) is 3. The molecule has 2 aromatic carbocycles. The van der Waals surface area contributed by atoms with Crippen LogP contribution in [0.15, 0.2) is 53.6 Å². The van der Waals surface area contributed by atoms with Crippen molar-refractivity contribution in [1.82, 2.24) is 9.55 Å². The Balaban J connectivity index is 1.93. The monoisotopic (exact) mass is 409 g/mol. The van der Waals surface area contributed by atoms with Crippen LogP contribution in [0.3, 0.4) is 0 Å². The van der Waals surface area contributed by atoms with E-state index in [0.29, 0.717) is 10.9 Å². The number of nitrogens with zero attached hydrogens (tertiary/aromatic N) is 2. The normalized spacial score (nSPS) is 12.8. The Morgan fingerprint density at radius 1 is 1.25 bits per heavy atom. The molecule has 1 N–H and O–H groups in total. The van der Waals surface area contributed by atoms with Crippen LogP contribution >= 0.6 is 11.6 Å². The zero-order valence-corrected chi connectivity index (χ0v) is 15.4. The van der Waals surface area contributed by atoms with Gasteiger partial charge in [-0.15, -0.1) is 0 Å². The molecule has 3 aromatic rings. The number of benzene rings is 2. The fourth-order valence-electron chi connectivity index (χ4n) is 2.86. The van der Waals surface area contributed by atoms with Crippen molar-refractivity contribution >= 4 is 34.1 Å². The smallest absolute Gasteiger partial charge is 0.324 e. The van der Waals surface area contributed by atoms with Crippen molar-refractivity contribution in [2.75, 3.05) is 5.32 Å². The second-order valence-electron chi connectivity index (χ2n) is 6.08. The number of anilines is 1. The summed E-state index contributed by atoms with van der Waals surface area (Å²) in [5, 5.41) is 2.31. The molecule has 9 heteroatoms. The topological polar surface area (TPSA) is 64.0 Å². The van der Waals surface area contributed by atoms with Gasteiger partial charge in [0.1, 0.15) is 6.04 Å². The van der Waals surface area contributed by atoms with Gasteiger partial charge in [-0.3, -0.25) is 14.2 Å². The van der Waals surface area contributed by atoms with E-state index >= 15 is 0 Å². The highest BCUT2D eigenvalue weighted by Crippen LogP contribution is 2.36. The number of carbonyl (C=O) groups is 1. The maximum atomic E-state index is 13.0. The molecule has 28 heavy (non-hydrogen) atoms. The third-order valence-corrected chi connectivity index (χ3v) is 4.58. The summed E-state index contributed by atoms with van der Waals surface area (Å²) in [4.78, 5) is 29.5. The molecule has 1 aromatic heterocycles. The first kappa shape index (κ1) is 19.9. The molecule has 3 rings (SSSR count). The summed E-state index contributed by atoms with van der Waals surface area (Å²) in [5.41, 5.74) is -1.03. The van der Waals surface area contributed by atoms with Gasteiger partial charge in [0.2, 0.25) is 5.91 Å². The highest BCUT2D eigenvalue weighted by molar-refractivity contribution is 6.31. The second-order valence-corrected chi connectivity index (χ2v) is 6.49. The number of amides is 1. The van der Waals surface area contributed by atoms with Gasteiger partial charge in [-0.1, -0.05) is 30.7 Å². The molecule has 0 saturated heterocycles. The Hall–Kier alpha value is -2.87. The summed E-state index contributed by atoms with van der Waals surface area (Å²) in [6.07, 6.45) is -3.14. The lowest BCUT2D eigenvalue weighted by Gasteiger charge is -2.18. The molecule has 5 nitrogen and oxygen atoms in total. The van der Waals surface area contributed by atoms with Gasteiger partial charge in [-0.05, 0) is 36.8 Å². The molecule has 146 valence electrons. The second kappa shape index (κ2) is 7.63. The first-order chi connectivity index (χ1) is 13.2. The van der Waals surface area contributed by atoms with Gasteiger partial charge in [0.15, 0.2) is 0 Å². The highest BCUT2D eigenvalue weighted by Gasteiger charge is 2.33. The molecule has 0 aliphatic rings. The third kappa shape index (κ3) is 3.87. The molecule has 0 aliphatic heterocycles. The van der Waals surface area contributed by atoms with E-state index in [-0.39, 0.29) is 12.1 Å². The van der Waals surface area contributed by atoms with Crippen LogP contribution in [0.1, 0.15) is 24.9 Å². The van der Waals surface area contributed by atoms with E-state index in [0.717, 1.165) is 12.1 Å².